The standard InChI is InChI=1S/C21H23N3O4S/c1-13(2)29-16-8-5-14(6-9-16)11-19(25)22-21-24-23-20(28-21)15-7-10-17(26-3)18(12-15)27-4/h5-10,12-13H,11H2,1-4H3,(H,22,24,25). The van der Waals surface area contributed by atoms with Crippen molar-refractivity contribution in [1.29, 1.82) is 0 Å². The lowest BCUT2D eigenvalue weighted by atomic mass is 10.1. The third-order valence-corrected chi connectivity index (χ3v) is 4.98. The van der Waals surface area contributed by atoms with Crippen LogP contribution in [0.3, 0.4) is 0 Å². The lowest BCUT2D eigenvalue weighted by molar-refractivity contribution is -0.115. The number of benzene rings is 2. The molecule has 0 saturated heterocycles. The molecule has 2 aromatic carbocycles. The van der Waals surface area contributed by atoms with E-state index in [0.717, 1.165) is 5.56 Å². The van der Waals surface area contributed by atoms with Gasteiger partial charge in [-0.05, 0) is 35.9 Å². The van der Waals surface area contributed by atoms with Crippen LogP contribution in [0.2, 0.25) is 0 Å². The van der Waals surface area contributed by atoms with E-state index in [2.05, 4.69) is 29.4 Å². The number of ether oxygens (including phenoxy) is 2. The minimum atomic E-state index is -0.225. The van der Waals surface area contributed by atoms with Gasteiger partial charge in [-0.15, -0.1) is 16.9 Å². The molecule has 1 aromatic heterocycles. The fourth-order valence-electron chi connectivity index (χ4n) is 2.67. The summed E-state index contributed by atoms with van der Waals surface area (Å²) in [5.74, 6) is 1.20. The van der Waals surface area contributed by atoms with E-state index < -0.39 is 0 Å². The Morgan fingerprint density at radius 1 is 1.07 bits per heavy atom. The number of hydrogen-bond acceptors (Lipinski definition) is 7. The molecule has 152 valence electrons. The molecule has 0 aliphatic carbocycles. The fraction of sp³-hybridized carbons (Fsp3) is 0.286. The number of anilines is 1. The molecule has 1 heterocycles. The minimum Gasteiger partial charge on any atom is -0.493 e. The van der Waals surface area contributed by atoms with Crippen molar-refractivity contribution in [3.63, 3.8) is 0 Å². The smallest absolute Gasteiger partial charge is 0.322 e. The molecular formula is C21H23N3O4S. The van der Waals surface area contributed by atoms with Crippen molar-refractivity contribution >= 4 is 23.7 Å². The molecule has 1 N–H and O–H groups in total. The Hall–Kier alpha value is -3.00. The molecule has 0 aliphatic heterocycles. The number of nitrogens with one attached hydrogen (secondary N) is 1. The average Bonchev–Trinajstić information content (AvgIpc) is 3.16. The molecule has 0 unspecified atom stereocenters. The number of amides is 1. The van der Waals surface area contributed by atoms with E-state index in [4.69, 9.17) is 13.9 Å². The maximum absolute atomic E-state index is 12.3. The lowest BCUT2D eigenvalue weighted by Gasteiger charge is -2.07. The van der Waals surface area contributed by atoms with E-state index in [-0.39, 0.29) is 24.2 Å². The number of carbonyl (C=O) groups is 1. The van der Waals surface area contributed by atoms with Gasteiger partial charge in [0.1, 0.15) is 0 Å². The Morgan fingerprint density at radius 2 is 1.79 bits per heavy atom. The number of rotatable bonds is 8. The first kappa shape index (κ1) is 20.7. The summed E-state index contributed by atoms with van der Waals surface area (Å²) >= 11 is 1.78. The molecule has 7 nitrogen and oxygen atoms in total. The summed E-state index contributed by atoms with van der Waals surface area (Å²) in [7, 11) is 3.11. The second-order valence-electron chi connectivity index (χ2n) is 6.52. The molecule has 3 aromatic rings. The zero-order valence-electron chi connectivity index (χ0n) is 16.8. The molecule has 0 bridgehead atoms. The summed E-state index contributed by atoms with van der Waals surface area (Å²) in [6.45, 7) is 4.29. The number of methoxy groups -OCH3 is 2. The van der Waals surface area contributed by atoms with Gasteiger partial charge >= 0.3 is 6.01 Å². The van der Waals surface area contributed by atoms with Crippen molar-refractivity contribution in [2.45, 2.75) is 30.4 Å². The maximum Gasteiger partial charge on any atom is 0.322 e. The highest BCUT2D eigenvalue weighted by molar-refractivity contribution is 7.99. The largest absolute Gasteiger partial charge is 0.493 e. The number of aromatic nitrogens is 2. The first-order valence-electron chi connectivity index (χ1n) is 9.10. The Labute approximate surface area is 173 Å². The van der Waals surface area contributed by atoms with Crippen LogP contribution in [-0.4, -0.2) is 35.6 Å². The molecule has 3 rings (SSSR count). The van der Waals surface area contributed by atoms with Crippen LogP contribution in [0.4, 0.5) is 6.01 Å². The van der Waals surface area contributed by atoms with E-state index in [0.29, 0.717) is 22.3 Å². The number of thioether (sulfide) groups is 1. The van der Waals surface area contributed by atoms with Gasteiger partial charge in [0, 0.05) is 15.7 Å². The summed E-state index contributed by atoms with van der Waals surface area (Å²) in [5.41, 5.74) is 1.57. The van der Waals surface area contributed by atoms with Gasteiger partial charge in [0.2, 0.25) is 11.8 Å². The van der Waals surface area contributed by atoms with Gasteiger partial charge in [-0.25, -0.2) is 0 Å². The van der Waals surface area contributed by atoms with Crippen molar-refractivity contribution in [3.8, 4) is 23.0 Å². The average molecular weight is 413 g/mol. The van der Waals surface area contributed by atoms with Gasteiger partial charge < -0.3 is 13.9 Å². The Balaban J connectivity index is 1.63. The van der Waals surface area contributed by atoms with Crippen LogP contribution in [-0.2, 0) is 11.2 Å². The number of carbonyl (C=O) groups excluding carboxylic acids is 1. The topological polar surface area (TPSA) is 86.5 Å². The van der Waals surface area contributed by atoms with Crippen molar-refractivity contribution < 1.29 is 18.7 Å². The monoisotopic (exact) mass is 413 g/mol. The second-order valence-corrected chi connectivity index (χ2v) is 8.17. The van der Waals surface area contributed by atoms with Crippen LogP contribution in [0.1, 0.15) is 19.4 Å². The van der Waals surface area contributed by atoms with Crippen LogP contribution in [0.15, 0.2) is 51.8 Å². The van der Waals surface area contributed by atoms with Crippen LogP contribution >= 0.6 is 11.8 Å². The van der Waals surface area contributed by atoms with E-state index in [1.165, 1.54) is 4.90 Å². The zero-order chi connectivity index (χ0) is 20.8. The van der Waals surface area contributed by atoms with Gasteiger partial charge in [0.25, 0.3) is 0 Å². The van der Waals surface area contributed by atoms with E-state index in [1.54, 1.807) is 44.2 Å². The summed E-state index contributed by atoms with van der Waals surface area (Å²) in [6, 6.07) is 13.3. The lowest BCUT2D eigenvalue weighted by Crippen LogP contribution is -2.14. The second kappa shape index (κ2) is 9.47. The SMILES string of the molecule is COc1ccc(-c2nnc(NC(=O)Cc3ccc(SC(C)C)cc3)o2)cc1OC. The van der Waals surface area contributed by atoms with Crippen molar-refractivity contribution in [2.75, 3.05) is 19.5 Å². The highest BCUT2D eigenvalue weighted by atomic mass is 32.2. The predicted molar refractivity (Wildman–Crippen MR) is 113 cm³/mol. The molecule has 0 aliphatic rings. The van der Waals surface area contributed by atoms with Crippen molar-refractivity contribution in [3.05, 3.63) is 48.0 Å². The fourth-order valence-corrected chi connectivity index (χ4v) is 3.50. The van der Waals surface area contributed by atoms with Gasteiger partial charge in [-0.1, -0.05) is 31.1 Å². The minimum absolute atomic E-state index is 0.0479. The normalized spacial score (nSPS) is 10.8. The Morgan fingerprint density at radius 3 is 2.45 bits per heavy atom. The molecular weight excluding hydrogens is 390 g/mol. The molecule has 0 saturated carbocycles. The van der Waals surface area contributed by atoms with Crippen LogP contribution in [0.5, 0.6) is 11.5 Å². The molecule has 0 spiro atoms. The first-order valence-corrected chi connectivity index (χ1v) is 9.98. The van der Waals surface area contributed by atoms with Crippen LogP contribution in [0, 0.1) is 0 Å². The predicted octanol–water partition coefficient (Wildman–Crippen LogP) is 4.44. The molecule has 0 atom stereocenters. The third kappa shape index (κ3) is 5.51. The zero-order valence-corrected chi connectivity index (χ0v) is 17.6. The van der Waals surface area contributed by atoms with Crippen LogP contribution < -0.4 is 14.8 Å². The molecule has 29 heavy (non-hydrogen) atoms. The molecule has 0 radical (unpaired) electrons. The van der Waals surface area contributed by atoms with Gasteiger partial charge in [0.05, 0.1) is 20.6 Å². The van der Waals surface area contributed by atoms with Crippen molar-refractivity contribution in [2.24, 2.45) is 0 Å². The highest BCUT2D eigenvalue weighted by Crippen LogP contribution is 2.32. The van der Waals surface area contributed by atoms with Crippen molar-refractivity contribution in [1.82, 2.24) is 10.2 Å². The van der Waals surface area contributed by atoms with E-state index >= 15 is 0 Å². The van der Waals surface area contributed by atoms with Gasteiger partial charge in [-0.2, -0.15) is 0 Å². The summed E-state index contributed by atoms with van der Waals surface area (Å²) < 4.78 is 16.1. The first-order chi connectivity index (χ1) is 14.0. The van der Waals surface area contributed by atoms with E-state index in [1.807, 2.05) is 24.3 Å². The Bertz CT molecular complexity index is 970. The number of hydrogen-bond donors (Lipinski definition) is 1. The summed E-state index contributed by atoms with van der Waals surface area (Å²) in [6.07, 6.45) is 0.223. The number of nitrogens with zero attached hydrogens (tertiary/aromatic N) is 2. The highest BCUT2D eigenvalue weighted by Gasteiger charge is 2.14. The quantitative estimate of drug-likeness (QED) is 0.547. The summed E-state index contributed by atoms with van der Waals surface area (Å²) in [4.78, 5) is 13.5. The third-order valence-electron chi connectivity index (χ3n) is 3.96. The Kier molecular flexibility index (Phi) is 6.77. The molecule has 1 amide bonds. The molecule has 8 heteroatoms. The van der Waals surface area contributed by atoms with E-state index in [9.17, 15) is 4.79 Å². The van der Waals surface area contributed by atoms with Crippen LogP contribution in [0.25, 0.3) is 11.5 Å². The van der Waals surface area contributed by atoms with Gasteiger partial charge in [-0.3, -0.25) is 10.1 Å². The molecule has 0 fully saturated rings. The van der Waals surface area contributed by atoms with Gasteiger partial charge in [0.15, 0.2) is 11.5 Å². The summed E-state index contributed by atoms with van der Waals surface area (Å²) in [5, 5.41) is 11.0. The maximum atomic E-state index is 12.3.